The Morgan fingerprint density at radius 1 is 1.29 bits per heavy atom. The molecule has 2 aliphatic rings. The van der Waals surface area contributed by atoms with Crippen molar-refractivity contribution in [1.29, 1.82) is 0 Å². The number of amides is 5. The molecule has 2 aliphatic heterocycles. The summed E-state index contributed by atoms with van der Waals surface area (Å²) in [5.41, 5.74) is 0. The minimum absolute atomic E-state index is 0.508. The van der Waals surface area contributed by atoms with Gasteiger partial charge in [-0.2, -0.15) is 0 Å². The lowest BCUT2D eigenvalue weighted by atomic mass is 10.2. The maximum Gasteiger partial charge on any atom is 0.335 e. The third-order valence-corrected chi connectivity index (χ3v) is 3.00. The van der Waals surface area contributed by atoms with Gasteiger partial charge in [0.25, 0.3) is 10.9 Å². The molecule has 2 heterocycles. The van der Waals surface area contributed by atoms with E-state index >= 15 is 0 Å². The fourth-order valence-electron chi connectivity index (χ4n) is 1.25. The van der Waals surface area contributed by atoms with E-state index in [2.05, 4.69) is 10.6 Å². The highest BCUT2D eigenvalue weighted by atomic mass is 35.5. The SMILES string of the molecule is O=C1NC(=O)C2(Cl)C(N1)NC(=O)N2Cl. The number of nitrogens with one attached hydrogen (secondary N) is 3. The molecule has 14 heavy (non-hydrogen) atoms. The number of halogens is 2. The van der Waals surface area contributed by atoms with Crippen molar-refractivity contribution in [2.45, 2.75) is 11.2 Å². The van der Waals surface area contributed by atoms with Gasteiger partial charge in [0.05, 0.1) is 0 Å². The Hall–Kier alpha value is -1.21. The molecule has 2 atom stereocenters. The largest absolute Gasteiger partial charge is 0.335 e. The van der Waals surface area contributed by atoms with Crippen LogP contribution < -0.4 is 16.0 Å². The first-order chi connectivity index (χ1) is 6.46. The van der Waals surface area contributed by atoms with Crippen molar-refractivity contribution in [3.05, 3.63) is 0 Å². The lowest BCUT2D eigenvalue weighted by Crippen LogP contribution is -2.69. The van der Waals surface area contributed by atoms with Crippen LogP contribution in [0.2, 0.25) is 0 Å². The third kappa shape index (κ3) is 0.962. The first kappa shape index (κ1) is 9.35. The smallest absolute Gasteiger partial charge is 0.314 e. The third-order valence-electron chi connectivity index (χ3n) is 1.94. The molecular formula is C5H4Cl2N4O3. The molecule has 0 saturated carbocycles. The van der Waals surface area contributed by atoms with Crippen LogP contribution in [-0.2, 0) is 4.79 Å². The molecule has 0 aliphatic carbocycles. The van der Waals surface area contributed by atoms with Gasteiger partial charge in [-0.15, -0.1) is 0 Å². The lowest BCUT2D eigenvalue weighted by molar-refractivity contribution is -0.126. The molecule has 0 aromatic rings. The molecule has 3 N–H and O–H groups in total. The number of hydrogen-bond acceptors (Lipinski definition) is 3. The van der Waals surface area contributed by atoms with E-state index in [1.165, 1.54) is 0 Å². The molecule has 2 fully saturated rings. The first-order valence-electron chi connectivity index (χ1n) is 3.53. The predicted molar refractivity (Wildman–Crippen MR) is 45.3 cm³/mol. The summed E-state index contributed by atoms with van der Waals surface area (Å²) in [7, 11) is 0. The average molecular weight is 239 g/mol. The van der Waals surface area contributed by atoms with E-state index in [0.29, 0.717) is 4.42 Å². The molecule has 7 nitrogen and oxygen atoms in total. The van der Waals surface area contributed by atoms with E-state index in [4.69, 9.17) is 23.4 Å². The van der Waals surface area contributed by atoms with E-state index in [0.717, 1.165) is 0 Å². The van der Waals surface area contributed by atoms with Crippen molar-refractivity contribution in [3.63, 3.8) is 0 Å². The number of rotatable bonds is 0. The molecule has 0 bridgehead atoms. The van der Waals surface area contributed by atoms with E-state index in [1.54, 1.807) is 0 Å². The summed E-state index contributed by atoms with van der Waals surface area (Å²) in [4.78, 5) is 31.5. The van der Waals surface area contributed by atoms with Crippen molar-refractivity contribution in [2.24, 2.45) is 0 Å². The number of alkyl halides is 1. The van der Waals surface area contributed by atoms with Crippen LogP contribution in [0.1, 0.15) is 0 Å². The molecule has 5 amide bonds. The fourth-order valence-corrected chi connectivity index (χ4v) is 1.70. The Morgan fingerprint density at radius 2 is 1.93 bits per heavy atom. The number of imide groups is 1. The molecule has 0 spiro atoms. The molecule has 0 radical (unpaired) electrons. The van der Waals surface area contributed by atoms with Crippen LogP contribution in [-0.4, -0.2) is 33.6 Å². The zero-order chi connectivity index (χ0) is 10.5. The summed E-state index contributed by atoms with van der Waals surface area (Å²) in [6, 6.07) is -1.48. The van der Waals surface area contributed by atoms with Gasteiger partial charge in [0.1, 0.15) is 0 Å². The van der Waals surface area contributed by atoms with Crippen LogP contribution in [0.25, 0.3) is 0 Å². The second-order valence-corrected chi connectivity index (χ2v) is 3.68. The molecule has 2 unspecified atom stereocenters. The van der Waals surface area contributed by atoms with Gasteiger partial charge in [0.2, 0.25) is 0 Å². The molecule has 2 rings (SSSR count). The number of nitrogens with zero attached hydrogens (tertiary/aromatic N) is 1. The summed E-state index contributed by atoms with van der Waals surface area (Å²) in [5.74, 6) is -0.846. The molecular weight excluding hydrogens is 235 g/mol. The van der Waals surface area contributed by atoms with Crippen LogP contribution in [0.4, 0.5) is 9.59 Å². The maximum atomic E-state index is 11.3. The average Bonchev–Trinajstić information content (AvgIpc) is 2.31. The van der Waals surface area contributed by atoms with Crippen molar-refractivity contribution < 1.29 is 14.4 Å². The van der Waals surface area contributed by atoms with Crippen LogP contribution in [0.15, 0.2) is 0 Å². The van der Waals surface area contributed by atoms with Crippen molar-refractivity contribution in [1.82, 2.24) is 20.4 Å². The predicted octanol–water partition coefficient (Wildman–Crippen LogP) is -0.734. The molecule has 76 valence electrons. The minimum Gasteiger partial charge on any atom is -0.314 e. The summed E-state index contributed by atoms with van der Waals surface area (Å²) >= 11 is 11.3. The number of urea groups is 2. The van der Waals surface area contributed by atoms with E-state index in [1.807, 2.05) is 5.32 Å². The highest BCUT2D eigenvalue weighted by Gasteiger charge is 2.60. The van der Waals surface area contributed by atoms with Crippen LogP contribution >= 0.6 is 23.4 Å². The van der Waals surface area contributed by atoms with E-state index < -0.39 is 29.1 Å². The summed E-state index contributed by atoms with van der Waals surface area (Å²) in [6.45, 7) is 0. The lowest BCUT2D eigenvalue weighted by Gasteiger charge is -2.33. The Balaban J connectivity index is 2.40. The highest BCUT2D eigenvalue weighted by Crippen LogP contribution is 2.33. The van der Waals surface area contributed by atoms with Gasteiger partial charge in [0, 0.05) is 11.8 Å². The zero-order valence-corrected chi connectivity index (χ0v) is 8.02. The van der Waals surface area contributed by atoms with Gasteiger partial charge in [-0.1, -0.05) is 11.6 Å². The number of carbonyl (C=O) groups excluding carboxylic acids is 3. The maximum absolute atomic E-state index is 11.3. The Morgan fingerprint density at radius 3 is 2.57 bits per heavy atom. The molecule has 2 saturated heterocycles. The van der Waals surface area contributed by atoms with Crippen LogP contribution in [0.5, 0.6) is 0 Å². The van der Waals surface area contributed by atoms with Gasteiger partial charge in [-0.25, -0.2) is 14.0 Å². The monoisotopic (exact) mass is 238 g/mol. The number of hydrogen-bond donors (Lipinski definition) is 3. The first-order valence-corrected chi connectivity index (χ1v) is 4.25. The Kier molecular flexibility index (Phi) is 1.76. The van der Waals surface area contributed by atoms with Gasteiger partial charge in [-0.3, -0.25) is 10.1 Å². The van der Waals surface area contributed by atoms with E-state index in [9.17, 15) is 14.4 Å². The van der Waals surface area contributed by atoms with Crippen LogP contribution in [0.3, 0.4) is 0 Å². The fraction of sp³-hybridized carbons (Fsp3) is 0.400. The summed E-state index contributed by atoms with van der Waals surface area (Å²) < 4.78 is 0.508. The Bertz CT molecular complexity index is 346. The molecule has 9 heteroatoms. The zero-order valence-electron chi connectivity index (χ0n) is 6.51. The van der Waals surface area contributed by atoms with Gasteiger partial charge in [-0.05, 0) is 0 Å². The highest BCUT2D eigenvalue weighted by molar-refractivity contribution is 6.43. The number of fused-ring (bicyclic) bond motifs is 1. The number of carbonyl (C=O) groups is 3. The second-order valence-electron chi connectivity index (χ2n) is 2.76. The summed E-state index contributed by atoms with van der Waals surface area (Å²) in [6.07, 6.45) is -1.03. The molecule has 0 aromatic carbocycles. The Labute approximate surface area is 87.8 Å². The van der Waals surface area contributed by atoms with Crippen molar-refractivity contribution in [2.75, 3.05) is 0 Å². The van der Waals surface area contributed by atoms with Gasteiger partial charge in [0.15, 0.2) is 6.17 Å². The topological polar surface area (TPSA) is 90.5 Å². The van der Waals surface area contributed by atoms with Gasteiger partial charge < -0.3 is 10.6 Å². The normalized spacial score (nSPS) is 36.0. The van der Waals surface area contributed by atoms with Crippen molar-refractivity contribution >= 4 is 41.3 Å². The standard InChI is InChI=1S/C5H4Cl2N4O3/c6-5-1(9-4(14)11(5)7)8-3(13)10-2(5)12/h1H,(H,9,14)(H2,8,10,12,13). The summed E-state index contributed by atoms with van der Waals surface area (Å²) in [5, 5.41) is 6.39. The van der Waals surface area contributed by atoms with Crippen molar-refractivity contribution in [3.8, 4) is 0 Å². The van der Waals surface area contributed by atoms with Gasteiger partial charge >= 0.3 is 12.1 Å². The molecule has 0 aromatic heterocycles. The quantitative estimate of drug-likeness (QED) is 0.295. The minimum atomic E-state index is -1.81. The van der Waals surface area contributed by atoms with E-state index in [-0.39, 0.29) is 0 Å². The second kappa shape index (κ2) is 2.64. The van der Waals surface area contributed by atoms with Crippen LogP contribution in [0, 0.1) is 0 Å².